The average molecular weight is 481 g/mol. The monoisotopic (exact) mass is 480 g/mol. The number of benzene rings is 1. The van der Waals surface area contributed by atoms with Crippen molar-refractivity contribution in [3.63, 3.8) is 0 Å². The van der Waals surface area contributed by atoms with Crippen LogP contribution < -0.4 is 10.6 Å². The van der Waals surface area contributed by atoms with Crippen LogP contribution in [0.5, 0.6) is 0 Å². The van der Waals surface area contributed by atoms with Crippen LogP contribution in [0.4, 0.5) is 5.69 Å². The number of carbonyl (C=O) groups excluding carboxylic acids is 3. The predicted octanol–water partition coefficient (Wildman–Crippen LogP) is 3.69. The molecule has 1 aromatic carbocycles. The fourth-order valence-corrected chi connectivity index (χ4v) is 4.12. The van der Waals surface area contributed by atoms with E-state index in [1.807, 2.05) is 24.4 Å². The topological polar surface area (TPSA) is 109 Å². The van der Waals surface area contributed by atoms with Crippen molar-refractivity contribution in [3.8, 4) is 0 Å². The Morgan fingerprint density at radius 3 is 2.65 bits per heavy atom. The summed E-state index contributed by atoms with van der Waals surface area (Å²) in [5, 5.41) is 15.2. The molecule has 1 aliphatic rings. The summed E-state index contributed by atoms with van der Waals surface area (Å²) in [5.41, 5.74) is 1.64. The Labute approximate surface area is 194 Å². The van der Waals surface area contributed by atoms with Gasteiger partial charge in [-0.3, -0.25) is 9.59 Å². The Bertz CT molecular complexity index is 991. The fourth-order valence-electron chi connectivity index (χ4n) is 2.52. The summed E-state index contributed by atoms with van der Waals surface area (Å²) in [6.07, 6.45) is 0.0318. The number of nitrogens with zero attached hydrogens (tertiary/aromatic N) is 2. The third-order valence-electron chi connectivity index (χ3n) is 4.00. The van der Waals surface area contributed by atoms with E-state index in [1.165, 1.54) is 0 Å². The van der Waals surface area contributed by atoms with Gasteiger partial charge < -0.3 is 15.4 Å². The number of amides is 2. The minimum atomic E-state index is -0.639. The Balaban J connectivity index is 0.00000341. The van der Waals surface area contributed by atoms with E-state index in [-0.39, 0.29) is 35.8 Å². The summed E-state index contributed by atoms with van der Waals surface area (Å²) in [4.78, 5) is 37.3. The molecular formula is C20H21ClN4O4S2. The van der Waals surface area contributed by atoms with Crippen LogP contribution in [0.3, 0.4) is 0 Å². The average Bonchev–Trinajstić information content (AvgIpc) is 3.27. The van der Waals surface area contributed by atoms with E-state index in [2.05, 4.69) is 20.8 Å². The van der Waals surface area contributed by atoms with Gasteiger partial charge >= 0.3 is 5.97 Å². The molecule has 2 amide bonds. The predicted molar refractivity (Wildman–Crippen MR) is 126 cm³/mol. The quantitative estimate of drug-likeness (QED) is 0.372. The third-order valence-corrected chi connectivity index (χ3v) is 6.05. The summed E-state index contributed by atoms with van der Waals surface area (Å²) >= 11 is 2.69. The van der Waals surface area contributed by atoms with Crippen molar-refractivity contribution in [1.29, 1.82) is 0 Å². The lowest BCUT2D eigenvalue weighted by Crippen LogP contribution is -2.41. The van der Waals surface area contributed by atoms with Crippen molar-refractivity contribution in [3.05, 3.63) is 52.2 Å². The number of anilines is 1. The molecular weight excluding hydrogens is 460 g/mol. The fraction of sp³-hybridized carbons (Fsp3) is 0.250. The van der Waals surface area contributed by atoms with Crippen LogP contribution >= 0.6 is 35.5 Å². The maximum absolute atomic E-state index is 12.6. The van der Waals surface area contributed by atoms with E-state index in [9.17, 15) is 14.4 Å². The molecule has 2 aromatic rings. The maximum atomic E-state index is 12.6. The Kier molecular flexibility index (Phi) is 9.22. The minimum Gasteiger partial charge on any atom is -0.462 e. The highest BCUT2D eigenvalue weighted by Gasteiger charge is 2.30. The van der Waals surface area contributed by atoms with Crippen LogP contribution in [0, 0.1) is 0 Å². The number of hydrogen-bond donors (Lipinski definition) is 2. The van der Waals surface area contributed by atoms with Crippen LogP contribution in [-0.4, -0.2) is 40.5 Å². The summed E-state index contributed by atoms with van der Waals surface area (Å²) in [5.74, 6) is -1.05. The molecule has 1 unspecified atom stereocenters. The number of nitrogens with one attached hydrogen (secondary N) is 2. The third kappa shape index (κ3) is 6.91. The molecule has 2 heterocycles. The van der Waals surface area contributed by atoms with Crippen LogP contribution in [0.1, 0.15) is 35.5 Å². The van der Waals surface area contributed by atoms with Crippen molar-refractivity contribution >= 4 is 69.9 Å². The van der Waals surface area contributed by atoms with E-state index in [4.69, 9.17) is 4.74 Å². The molecule has 11 heteroatoms. The van der Waals surface area contributed by atoms with Gasteiger partial charge in [-0.25, -0.2) is 4.79 Å². The molecule has 0 aliphatic carbocycles. The summed E-state index contributed by atoms with van der Waals surface area (Å²) < 4.78 is 4.93. The maximum Gasteiger partial charge on any atom is 0.338 e. The van der Waals surface area contributed by atoms with Crippen molar-refractivity contribution in [2.24, 2.45) is 10.2 Å². The van der Waals surface area contributed by atoms with Gasteiger partial charge in [-0.05, 0) is 49.6 Å². The number of amidine groups is 1. The van der Waals surface area contributed by atoms with Crippen molar-refractivity contribution < 1.29 is 19.1 Å². The first kappa shape index (κ1) is 24.6. The summed E-state index contributed by atoms with van der Waals surface area (Å²) in [7, 11) is 0. The highest BCUT2D eigenvalue weighted by molar-refractivity contribution is 8.15. The molecule has 31 heavy (non-hydrogen) atoms. The lowest BCUT2D eigenvalue weighted by atomic mass is 10.2. The molecule has 1 fully saturated rings. The number of ether oxygens (including phenoxy) is 1. The first-order valence-electron chi connectivity index (χ1n) is 9.17. The molecule has 1 aliphatic heterocycles. The van der Waals surface area contributed by atoms with Gasteiger partial charge in [-0.1, -0.05) is 17.8 Å². The largest absolute Gasteiger partial charge is 0.462 e. The van der Waals surface area contributed by atoms with Crippen molar-refractivity contribution in [1.82, 2.24) is 5.32 Å². The van der Waals surface area contributed by atoms with Crippen molar-refractivity contribution in [2.75, 3.05) is 11.9 Å². The molecule has 3 rings (SSSR count). The minimum absolute atomic E-state index is 0. The number of rotatable bonds is 6. The second-order valence-electron chi connectivity index (χ2n) is 6.21. The number of halogens is 1. The second-order valence-corrected chi connectivity index (χ2v) is 8.35. The van der Waals surface area contributed by atoms with Gasteiger partial charge in [-0.15, -0.1) is 28.8 Å². The summed E-state index contributed by atoms with van der Waals surface area (Å²) in [6.45, 7) is 3.85. The van der Waals surface area contributed by atoms with Gasteiger partial charge in [0.2, 0.25) is 11.8 Å². The van der Waals surface area contributed by atoms with Gasteiger partial charge in [0.25, 0.3) is 0 Å². The number of carbonyl (C=O) groups is 3. The molecule has 0 radical (unpaired) electrons. The van der Waals surface area contributed by atoms with E-state index >= 15 is 0 Å². The molecule has 0 bridgehead atoms. The van der Waals surface area contributed by atoms with Crippen molar-refractivity contribution in [2.45, 2.75) is 25.5 Å². The van der Waals surface area contributed by atoms with Crippen LogP contribution in [0.25, 0.3) is 0 Å². The molecule has 0 spiro atoms. The van der Waals surface area contributed by atoms with Crippen LogP contribution in [0.2, 0.25) is 0 Å². The van der Waals surface area contributed by atoms with Crippen LogP contribution in [-0.2, 0) is 14.3 Å². The smallest absolute Gasteiger partial charge is 0.338 e. The molecule has 0 saturated carbocycles. The molecule has 164 valence electrons. The first-order chi connectivity index (χ1) is 14.5. The Morgan fingerprint density at radius 2 is 2.00 bits per heavy atom. The highest BCUT2D eigenvalue weighted by atomic mass is 35.5. The SMILES string of the molecule is CCOC(=O)c1ccc(NC(=O)C2CC(=O)N/C(=N\N=C(C)c3cccs3)S2)cc1.Cl. The van der Waals surface area contributed by atoms with Crippen LogP contribution in [0.15, 0.2) is 52.0 Å². The lowest BCUT2D eigenvalue weighted by Gasteiger charge is -2.21. The zero-order valence-electron chi connectivity index (χ0n) is 16.8. The Morgan fingerprint density at radius 1 is 1.26 bits per heavy atom. The highest BCUT2D eigenvalue weighted by Crippen LogP contribution is 2.23. The zero-order valence-corrected chi connectivity index (χ0v) is 19.2. The normalized spacial score (nSPS) is 17.5. The molecule has 1 aromatic heterocycles. The van der Waals surface area contributed by atoms with Gasteiger partial charge in [0, 0.05) is 12.1 Å². The standard InChI is InChI=1S/C20H20N4O4S2.ClH/c1-3-28-19(27)13-6-8-14(9-7-13)21-18(26)16-11-17(25)22-20(30-16)24-23-12(2)15-5-4-10-29-15;/h4-10,16H,3,11H2,1-2H3,(H,21,26)(H,22,24,25);1H. The van der Waals surface area contributed by atoms with Gasteiger partial charge in [0.05, 0.1) is 22.8 Å². The first-order valence-corrected chi connectivity index (χ1v) is 10.9. The van der Waals surface area contributed by atoms with Gasteiger partial charge in [0.15, 0.2) is 5.17 Å². The summed E-state index contributed by atoms with van der Waals surface area (Å²) in [6, 6.07) is 10.2. The molecule has 1 saturated heterocycles. The number of esters is 1. The second kappa shape index (κ2) is 11.6. The van der Waals surface area contributed by atoms with E-state index < -0.39 is 11.2 Å². The molecule has 1 atom stereocenters. The Hall–Kier alpha value is -2.69. The van der Waals surface area contributed by atoms with E-state index in [0.29, 0.717) is 17.9 Å². The van der Waals surface area contributed by atoms with E-state index in [1.54, 1.807) is 42.5 Å². The number of hydrogen-bond acceptors (Lipinski definition) is 8. The number of thioether (sulfide) groups is 1. The molecule has 8 nitrogen and oxygen atoms in total. The van der Waals surface area contributed by atoms with Gasteiger partial charge in [0.1, 0.15) is 5.25 Å². The zero-order chi connectivity index (χ0) is 21.5. The van der Waals surface area contributed by atoms with Gasteiger partial charge in [-0.2, -0.15) is 5.10 Å². The van der Waals surface area contributed by atoms with E-state index in [0.717, 1.165) is 22.4 Å². The number of thiophene rings is 1. The lowest BCUT2D eigenvalue weighted by molar-refractivity contribution is -0.123. The molecule has 2 N–H and O–H groups in total.